The molecule has 2 aromatic carbocycles. The SMILES string of the molecule is CCOC(=O)C1CC1CN(Cc1ccccc1)C(=O)c1ccc2ncccc2c1. The summed E-state index contributed by atoms with van der Waals surface area (Å²) >= 11 is 0. The summed E-state index contributed by atoms with van der Waals surface area (Å²) in [6.45, 7) is 3.26. The van der Waals surface area contributed by atoms with Gasteiger partial charge in [-0.25, -0.2) is 0 Å². The number of nitrogens with zero attached hydrogens (tertiary/aromatic N) is 2. The Kier molecular flexibility index (Phi) is 5.56. The molecule has 2 unspecified atom stereocenters. The lowest BCUT2D eigenvalue weighted by molar-refractivity contribution is -0.145. The number of ether oxygens (including phenoxy) is 1. The van der Waals surface area contributed by atoms with Crippen molar-refractivity contribution in [3.05, 3.63) is 78.0 Å². The number of aromatic nitrogens is 1. The first-order chi connectivity index (χ1) is 14.2. The maximum atomic E-state index is 13.3. The molecule has 4 rings (SSSR count). The van der Waals surface area contributed by atoms with Crippen LogP contribution in [0.25, 0.3) is 10.9 Å². The highest BCUT2D eigenvalue weighted by Gasteiger charge is 2.45. The van der Waals surface area contributed by atoms with Gasteiger partial charge in [-0.2, -0.15) is 0 Å². The predicted octanol–water partition coefficient (Wildman–Crippen LogP) is 4.08. The van der Waals surface area contributed by atoms with Crippen LogP contribution in [0.15, 0.2) is 66.9 Å². The summed E-state index contributed by atoms with van der Waals surface area (Å²) in [6, 6.07) is 19.3. The Morgan fingerprint density at radius 2 is 1.93 bits per heavy atom. The van der Waals surface area contributed by atoms with E-state index < -0.39 is 0 Å². The van der Waals surface area contributed by atoms with Crippen LogP contribution in [0.3, 0.4) is 0 Å². The minimum atomic E-state index is -0.151. The summed E-state index contributed by atoms with van der Waals surface area (Å²) in [5.41, 5.74) is 2.56. The smallest absolute Gasteiger partial charge is 0.309 e. The van der Waals surface area contributed by atoms with Crippen molar-refractivity contribution >= 4 is 22.8 Å². The molecule has 1 aliphatic carbocycles. The molecule has 1 fully saturated rings. The predicted molar refractivity (Wildman–Crippen MR) is 111 cm³/mol. The molecule has 29 heavy (non-hydrogen) atoms. The van der Waals surface area contributed by atoms with Crippen LogP contribution in [-0.4, -0.2) is 34.9 Å². The molecule has 0 N–H and O–H groups in total. The summed E-state index contributed by atoms with van der Waals surface area (Å²) in [5.74, 6) is -0.124. The maximum Gasteiger partial charge on any atom is 0.309 e. The molecule has 148 valence electrons. The second-order valence-electron chi connectivity index (χ2n) is 7.44. The van der Waals surface area contributed by atoms with Gasteiger partial charge in [0.15, 0.2) is 0 Å². The fraction of sp³-hybridized carbons (Fsp3) is 0.292. The molecule has 0 bridgehead atoms. The third-order valence-corrected chi connectivity index (χ3v) is 5.32. The van der Waals surface area contributed by atoms with Crippen molar-refractivity contribution in [2.24, 2.45) is 11.8 Å². The fourth-order valence-electron chi connectivity index (χ4n) is 3.68. The van der Waals surface area contributed by atoms with E-state index in [2.05, 4.69) is 4.98 Å². The van der Waals surface area contributed by atoms with E-state index in [1.54, 1.807) is 6.20 Å². The van der Waals surface area contributed by atoms with Crippen LogP contribution < -0.4 is 0 Å². The lowest BCUT2D eigenvalue weighted by Gasteiger charge is -2.23. The quantitative estimate of drug-likeness (QED) is 0.573. The number of amides is 1. The van der Waals surface area contributed by atoms with Crippen molar-refractivity contribution in [2.45, 2.75) is 19.9 Å². The minimum Gasteiger partial charge on any atom is -0.466 e. The standard InChI is InChI=1S/C24H24N2O3/c1-2-29-24(28)21-14-20(21)16-26(15-17-7-4-3-5-8-17)23(27)19-10-11-22-18(13-19)9-6-12-25-22/h3-13,20-21H,2,14-16H2,1H3. The van der Waals surface area contributed by atoms with Gasteiger partial charge in [0.1, 0.15) is 0 Å². The molecule has 0 radical (unpaired) electrons. The van der Waals surface area contributed by atoms with Gasteiger partial charge < -0.3 is 9.64 Å². The topological polar surface area (TPSA) is 59.5 Å². The lowest BCUT2D eigenvalue weighted by atomic mass is 10.1. The number of benzene rings is 2. The van der Waals surface area contributed by atoms with Gasteiger partial charge in [0, 0.05) is 30.2 Å². The van der Waals surface area contributed by atoms with Gasteiger partial charge in [-0.3, -0.25) is 14.6 Å². The molecule has 5 nitrogen and oxygen atoms in total. The molecule has 1 aromatic heterocycles. The first-order valence-corrected chi connectivity index (χ1v) is 10.0. The highest BCUT2D eigenvalue weighted by Crippen LogP contribution is 2.40. The Hall–Kier alpha value is -3.21. The molecular weight excluding hydrogens is 364 g/mol. The van der Waals surface area contributed by atoms with E-state index in [0.717, 1.165) is 22.9 Å². The summed E-state index contributed by atoms with van der Waals surface area (Å²) in [4.78, 5) is 31.5. The normalized spacial score (nSPS) is 17.7. The Balaban J connectivity index is 1.55. The van der Waals surface area contributed by atoms with Gasteiger partial charge in [0.05, 0.1) is 18.0 Å². The molecule has 0 aliphatic heterocycles. The van der Waals surface area contributed by atoms with Gasteiger partial charge in [0.25, 0.3) is 5.91 Å². The van der Waals surface area contributed by atoms with Gasteiger partial charge >= 0.3 is 5.97 Å². The monoisotopic (exact) mass is 388 g/mol. The molecule has 1 amide bonds. The number of fused-ring (bicyclic) bond motifs is 1. The van der Waals surface area contributed by atoms with E-state index in [1.807, 2.05) is 72.5 Å². The van der Waals surface area contributed by atoms with Gasteiger partial charge in [-0.15, -0.1) is 0 Å². The molecule has 5 heteroatoms. The van der Waals surface area contributed by atoms with Gasteiger partial charge in [0.2, 0.25) is 0 Å². The first-order valence-electron chi connectivity index (χ1n) is 10.0. The van der Waals surface area contributed by atoms with Crippen molar-refractivity contribution in [3.63, 3.8) is 0 Å². The van der Waals surface area contributed by atoms with E-state index >= 15 is 0 Å². The van der Waals surface area contributed by atoms with Crippen LogP contribution in [0.2, 0.25) is 0 Å². The third-order valence-electron chi connectivity index (χ3n) is 5.32. The van der Waals surface area contributed by atoms with E-state index in [4.69, 9.17) is 4.74 Å². The highest BCUT2D eigenvalue weighted by atomic mass is 16.5. The van der Waals surface area contributed by atoms with Gasteiger partial charge in [-0.1, -0.05) is 36.4 Å². The van der Waals surface area contributed by atoms with Crippen LogP contribution in [0.5, 0.6) is 0 Å². The second kappa shape index (κ2) is 8.43. The van der Waals surface area contributed by atoms with E-state index in [9.17, 15) is 9.59 Å². The summed E-state index contributed by atoms with van der Waals surface area (Å²) < 4.78 is 5.14. The Bertz CT molecular complexity index is 1020. The summed E-state index contributed by atoms with van der Waals surface area (Å²) in [5, 5.41) is 0.939. The van der Waals surface area contributed by atoms with E-state index in [0.29, 0.717) is 25.3 Å². The molecule has 2 atom stereocenters. The molecule has 0 saturated heterocycles. The number of hydrogen-bond donors (Lipinski definition) is 0. The molecule has 1 saturated carbocycles. The van der Waals surface area contributed by atoms with Crippen molar-refractivity contribution in [3.8, 4) is 0 Å². The van der Waals surface area contributed by atoms with Crippen molar-refractivity contribution < 1.29 is 14.3 Å². The maximum absolute atomic E-state index is 13.3. The van der Waals surface area contributed by atoms with Crippen LogP contribution in [0.1, 0.15) is 29.3 Å². The van der Waals surface area contributed by atoms with E-state index in [1.165, 1.54) is 0 Å². The molecule has 1 aliphatic rings. The van der Waals surface area contributed by atoms with Crippen LogP contribution in [0.4, 0.5) is 0 Å². The summed E-state index contributed by atoms with van der Waals surface area (Å²) in [6.07, 6.45) is 2.52. The zero-order chi connectivity index (χ0) is 20.2. The Morgan fingerprint density at radius 3 is 2.72 bits per heavy atom. The fourth-order valence-corrected chi connectivity index (χ4v) is 3.68. The zero-order valence-corrected chi connectivity index (χ0v) is 16.5. The first kappa shape index (κ1) is 19.1. The number of esters is 1. The molecule has 1 heterocycles. The summed E-state index contributed by atoms with van der Waals surface area (Å²) in [7, 11) is 0. The minimum absolute atomic E-state index is 0.0332. The number of carbonyl (C=O) groups excluding carboxylic acids is 2. The average Bonchev–Trinajstić information content (AvgIpc) is 3.53. The van der Waals surface area contributed by atoms with Crippen molar-refractivity contribution in [1.82, 2.24) is 9.88 Å². The number of pyridine rings is 1. The molecular formula is C24H24N2O3. The van der Waals surface area contributed by atoms with Crippen molar-refractivity contribution in [1.29, 1.82) is 0 Å². The van der Waals surface area contributed by atoms with Gasteiger partial charge in [-0.05, 0) is 49.1 Å². The molecule has 3 aromatic rings. The average molecular weight is 388 g/mol. The van der Waals surface area contributed by atoms with Crippen LogP contribution >= 0.6 is 0 Å². The lowest BCUT2D eigenvalue weighted by Crippen LogP contribution is -2.33. The zero-order valence-electron chi connectivity index (χ0n) is 16.5. The Labute approximate surface area is 170 Å². The second-order valence-corrected chi connectivity index (χ2v) is 7.44. The van der Waals surface area contributed by atoms with Crippen molar-refractivity contribution in [2.75, 3.05) is 13.2 Å². The Morgan fingerprint density at radius 1 is 1.10 bits per heavy atom. The van der Waals surface area contributed by atoms with Crippen LogP contribution in [-0.2, 0) is 16.1 Å². The molecule has 0 spiro atoms. The third kappa shape index (κ3) is 4.45. The largest absolute Gasteiger partial charge is 0.466 e. The number of carbonyl (C=O) groups is 2. The number of hydrogen-bond acceptors (Lipinski definition) is 4. The van der Waals surface area contributed by atoms with Crippen LogP contribution in [0, 0.1) is 11.8 Å². The van der Waals surface area contributed by atoms with E-state index in [-0.39, 0.29) is 23.7 Å². The highest BCUT2D eigenvalue weighted by molar-refractivity contribution is 5.98. The number of rotatable bonds is 7.